The summed E-state index contributed by atoms with van der Waals surface area (Å²) in [4.78, 5) is 39.1. The highest BCUT2D eigenvalue weighted by Crippen LogP contribution is 2.41. The topological polar surface area (TPSA) is 69.7 Å². The van der Waals surface area contributed by atoms with E-state index in [1.54, 1.807) is 60.7 Å². The van der Waals surface area contributed by atoms with Gasteiger partial charge in [0, 0.05) is 0 Å². The number of ketones is 1. The van der Waals surface area contributed by atoms with E-state index < -0.39 is 17.7 Å². The third-order valence-corrected chi connectivity index (χ3v) is 6.57. The Bertz CT molecular complexity index is 1360. The summed E-state index contributed by atoms with van der Waals surface area (Å²) >= 11 is 24.9. The Kier molecular flexibility index (Phi) is 7.97. The van der Waals surface area contributed by atoms with E-state index in [0.717, 1.165) is 0 Å². The molecule has 9 heteroatoms. The predicted octanol–water partition coefficient (Wildman–Crippen LogP) is 7.97. The fourth-order valence-corrected chi connectivity index (χ4v) is 3.92. The molecule has 0 atom stereocenters. The second kappa shape index (κ2) is 11.1. The monoisotopic (exact) mass is 558 g/mol. The lowest BCUT2D eigenvalue weighted by Gasteiger charge is -2.15. The average Bonchev–Trinajstić information content (AvgIpc) is 2.90. The predicted molar refractivity (Wildman–Crippen MR) is 139 cm³/mol. The molecule has 4 aromatic carbocycles. The number of carbonyl (C=O) groups is 3. The molecule has 0 heterocycles. The van der Waals surface area contributed by atoms with Crippen LogP contribution in [-0.4, -0.2) is 17.7 Å². The first-order valence-corrected chi connectivity index (χ1v) is 11.8. The molecular formula is C27H14Cl4O5. The van der Waals surface area contributed by atoms with E-state index in [2.05, 4.69) is 0 Å². The van der Waals surface area contributed by atoms with Gasteiger partial charge >= 0.3 is 11.9 Å². The third-order valence-electron chi connectivity index (χ3n) is 5.00. The highest BCUT2D eigenvalue weighted by molar-refractivity contribution is 6.44. The molecule has 0 N–H and O–H groups in total. The van der Waals surface area contributed by atoms with Crippen molar-refractivity contribution in [1.82, 2.24) is 0 Å². The zero-order chi connectivity index (χ0) is 25.8. The van der Waals surface area contributed by atoms with Gasteiger partial charge in [-0.15, -0.1) is 0 Å². The Balaban J connectivity index is 1.77. The van der Waals surface area contributed by atoms with Crippen molar-refractivity contribution < 1.29 is 23.9 Å². The zero-order valence-corrected chi connectivity index (χ0v) is 21.2. The van der Waals surface area contributed by atoms with Gasteiger partial charge < -0.3 is 9.47 Å². The van der Waals surface area contributed by atoms with Gasteiger partial charge in [0.25, 0.3) is 0 Å². The number of ether oxygens (including phenoxy) is 2. The van der Waals surface area contributed by atoms with E-state index in [0.29, 0.717) is 0 Å². The van der Waals surface area contributed by atoms with Crippen LogP contribution in [0, 0.1) is 0 Å². The maximum absolute atomic E-state index is 13.7. The summed E-state index contributed by atoms with van der Waals surface area (Å²) in [5.41, 5.74) is 0.256. The van der Waals surface area contributed by atoms with Crippen LogP contribution in [0.5, 0.6) is 11.5 Å². The number of esters is 2. The van der Waals surface area contributed by atoms with Crippen molar-refractivity contribution >= 4 is 64.1 Å². The molecule has 0 bridgehead atoms. The average molecular weight is 560 g/mol. The molecule has 4 rings (SSSR count). The standard InChI is InChI=1S/C27H14Cl4O5/c28-19-13-11-17(24(21(19)30)35-26(33)15-7-3-1-4-8-15)23(32)18-12-14-20(29)22(31)25(18)36-27(34)16-9-5-2-6-10-16/h1-14H. The fourth-order valence-electron chi connectivity index (χ4n) is 3.22. The summed E-state index contributed by atoms with van der Waals surface area (Å²) in [6.07, 6.45) is 0. The second-order valence-corrected chi connectivity index (χ2v) is 8.89. The van der Waals surface area contributed by atoms with Crippen LogP contribution in [0.4, 0.5) is 0 Å². The molecule has 36 heavy (non-hydrogen) atoms. The van der Waals surface area contributed by atoms with Crippen LogP contribution in [0.1, 0.15) is 36.6 Å². The quantitative estimate of drug-likeness (QED) is 0.136. The van der Waals surface area contributed by atoms with Gasteiger partial charge in [0.2, 0.25) is 5.78 Å². The Morgan fingerprint density at radius 3 is 1.22 bits per heavy atom. The highest BCUT2D eigenvalue weighted by Gasteiger charge is 2.27. The maximum Gasteiger partial charge on any atom is 0.343 e. The first kappa shape index (κ1) is 25.7. The first-order chi connectivity index (χ1) is 17.3. The number of halogens is 4. The molecule has 0 saturated carbocycles. The van der Waals surface area contributed by atoms with Crippen LogP contribution in [0.2, 0.25) is 20.1 Å². The molecule has 0 aliphatic rings. The Morgan fingerprint density at radius 2 is 0.861 bits per heavy atom. The Hall–Kier alpha value is -3.35. The highest BCUT2D eigenvalue weighted by atomic mass is 35.5. The van der Waals surface area contributed by atoms with Gasteiger partial charge in [0.15, 0.2) is 11.5 Å². The number of hydrogen-bond acceptors (Lipinski definition) is 5. The molecule has 0 amide bonds. The van der Waals surface area contributed by atoms with Crippen molar-refractivity contribution in [3.05, 3.63) is 127 Å². The molecule has 0 fully saturated rings. The lowest BCUT2D eigenvalue weighted by atomic mass is 10.0. The first-order valence-electron chi connectivity index (χ1n) is 10.3. The minimum absolute atomic E-state index is 0.0638. The van der Waals surface area contributed by atoms with Crippen molar-refractivity contribution in [2.45, 2.75) is 0 Å². The molecule has 5 nitrogen and oxygen atoms in total. The van der Waals surface area contributed by atoms with Crippen LogP contribution < -0.4 is 9.47 Å². The van der Waals surface area contributed by atoms with Gasteiger partial charge in [-0.05, 0) is 48.5 Å². The summed E-state index contributed by atoms with van der Waals surface area (Å²) in [7, 11) is 0. The number of rotatable bonds is 6. The van der Waals surface area contributed by atoms with Crippen LogP contribution in [0.15, 0.2) is 84.9 Å². The van der Waals surface area contributed by atoms with Gasteiger partial charge in [0.1, 0.15) is 10.0 Å². The van der Waals surface area contributed by atoms with Gasteiger partial charge in [-0.2, -0.15) is 0 Å². The van der Waals surface area contributed by atoms with Crippen molar-refractivity contribution in [3.8, 4) is 11.5 Å². The van der Waals surface area contributed by atoms with E-state index >= 15 is 0 Å². The molecule has 0 saturated heterocycles. The van der Waals surface area contributed by atoms with Crippen molar-refractivity contribution in [2.24, 2.45) is 0 Å². The molecule has 0 spiro atoms. The van der Waals surface area contributed by atoms with Crippen molar-refractivity contribution in [1.29, 1.82) is 0 Å². The van der Waals surface area contributed by atoms with Crippen LogP contribution >= 0.6 is 46.4 Å². The lowest BCUT2D eigenvalue weighted by Crippen LogP contribution is -2.15. The van der Waals surface area contributed by atoms with Crippen LogP contribution in [-0.2, 0) is 0 Å². The van der Waals surface area contributed by atoms with E-state index in [-0.39, 0.29) is 53.8 Å². The summed E-state index contributed by atoms with van der Waals surface area (Å²) < 4.78 is 11.0. The molecule has 0 unspecified atom stereocenters. The summed E-state index contributed by atoms with van der Waals surface area (Å²) in [5, 5.41) is -0.160. The molecule has 0 aromatic heterocycles. The normalized spacial score (nSPS) is 10.6. The minimum Gasteiger partial charge on any atom is -0.420 e. The Labute approximate surface area is 226 Å². The molecule has 4 aromatic rings. The van der Waals surface area contributed by atoms with Gasteiger partial charge in [-0.3, -0.25) is 4.79 Å². The summed E-state index contributed by atoms with van der Waals surface area (Å²) in [6, 6.07) is 21.7. The van der Waals surface area contributed by atoms with Crippen molar-refractivity contribution in [2.75, 3.05) is 0 Å². The van der Waals surface area contributed by atoms with E-state index in [1.165, 1.54) is 24.3 Å². The second-order valence-electron chi connectivity index (χ2n) is 7.32. The lowest BCUT2D eigenvalue weighted by molar-refractivity contribution is 0.0726. The molecule has 0 aliphatic carbocycles. The zero-order valence-electron chi connectivity index (χ0n) is 18.1. The SMILES string of the molecule is O=C(Oc1c(C(=O)c2ccc(Cl)c(Cl)c2OC(=O)c2ccccc2)ccc(Cl)c1Cl)c1ccccc1. The van der Waals surface area contributed by atoms with E-state index in [4.69, 9.17) is 55.9 Å². The van der Waals surface area contributed by atoms with Gasteiger partial charge in [0.05, 0.1) is 32.3 Å². The summed E-state index contributed by atoms with van der Waals surface area (Å²) in [5.74, 6) is -2.71. The van der Waals surface area contributed by atoms with Gasteiger partial charge in [-0.1, -0.05) is 82.8 Å². The fraction of sp³-hybridized carbons (Fsp3) is 0. The minimum atomic E-state index is -0.751. The number of hydrogen-bond donors (Lipinski definition) is 0. The van der Waals surface area contributed by atoms with E-state index in [1.807, 2.05) is 0 Å². The Morgan fingerprint density at radius 1 is 0.500 bits per heavy atom. The maximum atomic E-state index is 13.7. The molecule has 0 aliphatic heterocycles. The number of benzene rings is 4. The summed E-state index contributed by atoms with van der Waals surface area (Å²) in [6.45, 7) is 0. The largest absolute Gasteiger partial charge is 0.420 e. The van der Waals surface area contributed by atoms with Crippen molar-refractivity contribution in [3.63, 3.8) is 0 Å². The molecule has 180 valence electrons. The molecule has 0 radical (unpaired) electrons. The third kappa shape index (κ3) is 5.40. The smallest absolute Gasteiger partial charge is 0.343 e. The van der Waals surface area contributed by atoms with E-state index in [9.17, 15) is 14.4 Å². The molecular weight excluding hydrogens is 546 g/mol. The van der Waals surface area contributed by atoms with Crippen LogP contribution in [0.3, 0.4) is 0 Å². The number of carbonyl (C=O) groups excluding carboxylic acids is 3. The van der Waals surface area contributed by atoms with Gasteiger partial charge in [-0.25, -0.2) is 9.59 Å². The van der Waals surface area contributed by atoms with Crippen LogP contribution in [0.25, 0.3) is 0 Å².